The van der Waals surface area contributed by atoms with Crippen LogP contribution in [0.4, 0.5) is 0 Å². The largest absolute Gasteiger partial charge is 0.394 e. The maximum absolute atomic E-state index is 13.2. The molecule has 2 heterocycles. The van der Waals surface area contributed by atoms with Gasteiger partial charge in [0.1, 0.15) is 48.8 Å². The first-order chi connectivity index (χ1) is 37.1. The quantitative estimate of drug-likeness (QED) is 0.0204. The van der Waals surface area contributed by atoms with E-state index >= 15 is 0 Å². The highest BCUT2D eigenvalue weighted by Gasteiger charge is 2.51. The summed E-state index contributed by atoms with van der Waals surface area (Å²) in [5, 5.41) is 86.6. The van der Waals surface area contributed by atoms with Crippen molar-refractivity contribution in [2.45, 2.75) is 319 Å². The Morgan fingerprint density at radius 3 is 1.41 bits per heavy atom. The van der Waals surface area contributed by atoms with Gasteiger partial charge in [0.15, 0.2) is 12.6 Å². The predicted molar refractivity (Wildman–Crippen MR) is 304 cm³/mol. The molecule has 12 unspecified atom stereocenters. The summed E-state index contributed by atoms with van der Waals surface area (Å²) in [6.07, 6.45) is 43.8. The number of allylic oxidation sites excluding steroid dienone is 7. The average molecular weight is 1080 g/mol. The number of unbranched alkanes of at least 4 members (excludes halogenated alkanes) is 30. The van der Waals surface area contributed by atoms with Gasteiger partial charge in [-0.2, -0.15) is 0 Å². The zero-order valence-electron chi connectivity index (χ0n) is 47.7. The second kappa shape index (κ2) is 47.7. The lowest BCUT2D eigenvalue weighted by Gasteiger charge is -2.46. The second-order valence-electron chi connectivity index (χ2n) is 21.8. The van der Waals surface area contributed by atoms with Crippen LogP contribution in [0.5, 0.6) is 0 Å². The molecule has 0 spiro atoms. The van der Waals surface area contributed by atoms with Crippen molar-refractivity contribution in [1.29, 1.82) is 0 Å². The highest BCUT2D eigenvalue weighted by molar-refractivity contribution is 5.76. The third-order valence-corrected chi connectivity index (χ3v) is 15.0. The topological polar surface area (TPSA) is 228 Å². The van der Waals surface area contributed by atoms with Gasteiger partial charge in [-0.1, -0.05) is 229 Å². The minimum Gasteiger partial charge on any atom is -0.394 e. The van der Waals surface area contributed by atoms with E-state index in [9.17, 15) is 45.6 Å². The molecule has 1 amide bonds. The molecule has 2 saturated heterocycles. The molecule has 2 fully saturated rings. The monoisotopic (exact) mass is 1080 g/mol. The highest BCUT2D eigenvalue weighted by atomic mass is 16.7. The summed E-state index contributed by atoms with van der Waals surface area (Å²) in [4.78, 5) is 13.2. The van der Waals surface area contributed by atoms with E-state index in [-0.39, 0.29) is 18.9 Å². The zero-order valence-corrected chi connectivity index (χ0v) is 47.7. The van der Waals surface area contributed by atoms with Gasteiger partial charge < -0.3 is 65.1 Å². The number of ether oxygens (including phenoxy) is 4. The molecule has 0 aromatic carbocycles. The summed E-state index contributed by atoms with van der Waals surface area (Å²) >= 11 is 0. The van der Waals surface area contributed by atoms with Crippen LogP contribution in [0.1, 0.15) is 245 Å². The molecule has 0 radical (unpaired) electrons. The van der Waals surface area contributed by atoms with Crippen LogP contribution in [0, 0.1) is 0 Å². The number of carbonyl (C=O) groups is 1. The Kier molecular flexibility index (Phi) is 44.0. The smallest absolute Gasteiger partial charge is 0.220 e. The second-order valence-corrected chi connectivity index (χ2v) is 21.8. The number of hydrogen-bond acceptors (Lipinski definition) is 13. The Balaban J connectivity index is 1.54. The molecule has 0 aromatic heterocycles. The third kappa shape index (κ3) is 32.9. The van der Waals surface area contributed by atoms with Gasteiger partial charge in [0.05, 0.1) is 32.0 Å². The summed E-state index contributed by atoms with van der Waals surface area (Å²) in [5.74, 6) is -0.252. The summed E-state index contributed by atoms with van der Waals surface area (Å²) in [7, 11) is 0. The average Bonchev–Trinajstić information content (AvgIpc) is 3.42. The van der Waals surface area contributed by atoms with Gasteiger partial charge in [0, 0.05) is 6.42 Å². The fourth-order valence-electron chi connectivity index (χ4n) is 9.99. The number of rotatable bonds is 49. The van der Waals surface area contributed by atoms with Gasteiger partial charge in [0.2, 0.25) is 5.91 Å². The van der Waals surface area contributed by atoms with Crippen LogP contribution in [-0.2, 0) is 23.7 Å². The first-order valence-electron chi connectivity index (χ1n) is 30.9. The Morgan fingerprint density at radius 1 is 0.474 bits per heavy atom. The van der Waals surface area contributed by atoms with Crippen molar-refractivity contribution in [2.24, 2.45) is 0 Å². The molecule has 444 valence electrons. The van der Waals surface area contributed by atoms with Gasteiger partial charge in [-0.25, -0.2) is 0 Å². The molecule has 2 aliphatic heterocycles. The first-order valence-corrected chi connectivity index (χ1v) is 30.9. The Bertz CT molecular complexity index is 1460. The predicted octanol–water partition coefficient (Wildman–Crippen LogP) is 10.8. The standard InChI is InChI=1S/C62H113NO13/c1-3-5-7-9-11-12-13-14-15-16-17-18-19-20-21-22-23-24-25-26-27-28-29-30-31-32-33-34-35-36-37-38-40-42-44-46-54(67)63-50(51(66)45-43-41-39-10-8-6-4-2)49-73-61-59(72)57(70)60(53(48-65)75-61)76-62-58(71)56(69)55(68)52(47-64)74-62/h8,10,13-14,16-17,43,45,50-53,55-62,64-66,68-72H,3-7,9,11-12,15,18-42,44,46-49H2,1-2H3,(H,63,67)/b10-8+,14-13-,17-16-,45-43+. The minimum absolute atomic E-state index is 0.252. The van der Waals surface area contributed by atoms with Crippen molar-refractivity contribution in [1.82, 2.24) is 5.32 Å². The molecule has 0 saturated carbocycles. The highest BCUT2D eigenvalue weighted by Crippen LogP contribution is 2.30. The van der Waals surface area contributed by atoms with Crippen molar-refractivity contribution in [2.75, 3.05) is 19.8 Å². The molecular weight excluding hydrogens is 967 g/mol. The van der Waals surface area contributed by atoms with Gasteiger partial charge in [0.25, 0.3) is 0 Å². The van der Waals surface area contributed by atoms with Crippen LogP contribution in [0.15, 0.2) is 48.6 Å². The number of aliphatic hydroxyl groups is 8. The van der Waals surface area contributed by atoms with Gasteiger partial charge in [-0.3, -0.25) is 4.79 Å². The molecule has 12 atom stereocenters. The van der Waals surface area contributed by atoms with Crippen LogP contribution in [0.2, 0.25) is 0 Å². The molecular formula is C62H113NO13. The Labute approximate surface area is 461 Å². The normalized spacial score (nSPS) is 25.2. The van der Waals surface area contributed by atoms with E-state index in [1.807, 2.05) is 6.08 Å². The number of aliphatic hydroxyl groups excluding tert-OH is 8. The number of amides is 1. The van der Waals surface area contributed by atoms with Gasteiger partial charge in [-0.05, 0) is 57.8 Å². The van der Waals surface area contributed by atoms with Crippen LogP contribution in [-0.4, -0.2) is 140 Å². The van der Waals surface area contributed by atoms with Gasteiger partial charge >= 0.3 is 0 Å². The van der Waals surface area contributed by atoms with E-state index in [0.717, 1.165) is 44.9 Å². The van der Waals surface area contributed by atoms with Crippen molar-refractivity contribution in [3.05, 3.63) is 48.6 Å². The van der Waals surface area contributed by atoms with Crippen molar-refractivity contribution < 1.29 is 64.6 Å². The van der Waals surface area contributed by atoms with E-state index in [4.69, 9.17) is 18.9 Å². The molecule has 2 aliphatic rings. The molecule has 14 heteroatoms. The lowest BCUT2D eigenvalue weighted by Crippen LogP contribution is -2.65. The SMILES string of the molecule is CCC/C=C/CC/C=C/C(O)C(COC1OC(CO)C(OC2OC(CO)C(O)C(O)C2O)C(O)C1O)NC(=O)CCCCCCCCCCCCCCCCCCCCCCCCC/C=C\C/C=C\CCCCCCC. The summed E-state index contributed by atoms with van der Waals surface area (Å²) in [6.45, 7) is 2.65. The fourth-order valence-corrected chi connectivity index (χ4v) is 9.99. The van der Waals surface area contributed by atoms with Crippen LogP contribution >= 0.6 is 0 Å². The van der Waals surface area contributed by atoms with E-state index in [0.29, 0.717) is 12.8 Å². The minimum atomic E-state index is -1.79. The van der Waals surface area contributed by atoms with E-state index in [2.05, 4.69) is 55.6 Å². The molecule has 2 rings (SSSR count). The molecule has 0 bridgehead atoms. The number of hydrogen-bond donors (Lipinski definition) is 9. The third-order valence-electron chi connectivity index (χ3n) is 15.0. The lowest BCUT2D eigenvalue weighted by molar-refractivity contribution is -0.359. The van der Waals surface area contributed by atoms with E-state index in [1.54, 1.807) is 6.08 Å². The van der Waals surface area contributed by atoms with Crippen LogP contribution in [0.25, 0.3) is 0 Å². The Morgan fingerprint density at radius 2 is 0.908 bits per heavy atom. The fraction of sp³-hybridized carbons (Fsp3) is 0.855. The van der Waals surface area contributed by atoms with Crippen molar-refractivity contribution in [3.8, 4) is 0 Å². The molecule has 0 aliphatic carbocycles. The lowest BCUT2D eigenvalue weighted by atomic mass is 9.97. The molecule has 0 aromatic rings. The zero-order chi connectivity index (χ0) is 55.3. The maximum atomic E-state index is 13.2. The summed E-state index contributed by atoms with van der Waals surface area (Å²) < 4.78 is 22.6. The van der Waals surface area contributed by atoms with E-state index in [1.165, 1.54) is 167 Å². The number of nitrogens with one attached hydrogen (secondary N) is 1. The first kappa shape index (κ1) is 70.1. The summed E-state index contributed by atoms with van der Waals surface area (Å²) in [5.41, 5.74) is 0. The maximum Gasteiger partial charge on any atom is 0.220 e. The van der Waals surface area contributed by atoms with Gasteiger partial charge in [-0.15, -0.1) is 0 Å². The van der Waals surface area contributed by atoms with Crippen LogP contribution < -0.4 is 5.32 Å². The number of carbonyl (C=O) groups excluding carboxylic acids is 1. The van der Waals surface area contributed by atoms with E-state index < -0.39 is 86.8 Å². The molecule has 9 N–H and O–H groups in total. The molecule has 14 nitrogen and oxygen atoms in total. The molecule has 76 heavy (non-hydrogen) atoms. The Hall–Kier alpha value is -2.05. The van der Waals surface area contributed by atoms with Crippen molar-refractivity contribution >= 4 is 5.91 Å². The summed E-state index contributed by atoms with van der Waals surface area (Å²) in [6, 6.07) is -0.927. The van der Waals surface area contributed by atoms with Crippen molar-refractivity contribution in [3.63, 3.8) is 0 Å². The van der Waals surface area contributed by atoms with Crippen LogP contribution in [0.3, 0.4) is 0 Å².